The summed E-state index contributed by atoms with van der Waals surface area (Å²) in [5.41, 5.74) is 0.911. The molecule has 13 heavy (non-hydrogen) atoms. The molecular weight excluding hydrogens is 394 g/mol. The molecule has 4 heteroatoms. The summed E-state index contributed by atoms with van der Waals surface area (Å²) in [7, 11) is 0. The van der Waals surface area contributed by atoms with Crippen molar-refractivity contribution in [2.45, 2.75) is 0 Å². The van der Waals surface area contributed by atoms with E-state index in [9.17, 15) is 4.79 Å². The number of rotatable bonds is 3. The zero-order chi connectivity index (χ0) is 9.68. The Hall–Kier alpha value is -0.110. The van der Waals surface area contributed by atoms with Crippen LogP contribution in [0.25, 0.3) is 5.76 Å². The molecule has 0 aliphatic carbocycles. The molecular formula is C9H6I2O2. The number of hydrogen-bond acceptors (Lipinski definition) is 2. The molecule has 0 amide bonds. The Kier molecular flexibility index (Phi) is 4.71. The molecule has 0 N–H and O–H groups in total. The third kappa shape index (κ3) is 3.26. The van der Waals surface area contributed by atoms with Crippen LogP contribution in [-0.4, -0.2) is 6.47 Å². The van der Waals surface area contributed by atoms with Crippen LogP contribution in [0.2, 0.25) is 0 Å². The second-order valence-electron chi connectivity index (χ2n) is 2.17. The van der Waals surface area contributed by atoms with Crippen LogP contribution in [-0.2, 0) is 9.53 Å². The highest BCUT2D eigenvalue weighted by Gasteiger charge is 2.05. The Morgan fingerprint density at radius 3 is 2.31 bits per heavy atom. The van der Waals surface area contributed by atoms with Gasteiger partial charge < -0.3 is 4.74 Å². The summed E-state index contributed by atoms with van der Waals surface area (Å²) in [6, 6.07) is 9.52. The van der Waals surface area contributed by atoms with Crippen LogP contribution in [0, 0.1) is 0 Å². The third-order valence-corrected chi connectivity index (χ3v) is 2.35. The molecule has 0 unspecified atom stereocenters. The molecule has 0 aliphatic rings. The molecule has 1 aromatic rings. The fourth-order valence-electron chi connectivity index (χ4n) is 0.859. The fourth-order valence-corrected chi connectivity index (χ4v) is 1.74. The molecule has 0 saturated heterocycles. The van der Waals surface area contributed by atoms with E-state index < -0.39 is 0 Å². The zero-order valence-electron chi connectivity index (χ0n) is 6.54. The molecule has 0 heterocycles. The maximum absolute atomic E-state index is 10.2. The van der Waals surface area contributed by atoms with Crippen LogP contribution in [0.1, 0.15) is 5.56 Å². The van der Waals surface area contributed by atoms with Crippen molar-refractivity contribution in [1.82, 2.24) is 0 Å². The van der Waals surface area contributed by atoms with Crippen LogP contribution in [0.15, 0.2) is 31.9 Å². The van der Waals surface area contributed by atoms with Crippen LogP contribution < -0.4 is 0 Å². The fraction of sp³-hybridized carbons (Fsp3) is 0. The maximum atomic E-state index is 10.2. The van der Waals surface area contributed by atoms with Crippen LogP contribution in [0.4, 0.5) is 0 Å². The van der Waals surface area contributed by atoms with Gasteiger partial charge in [0.25, 0.3) is 6.47 Å². The summed E-state index contributed by atoms with van der Waals surface area (Å²) in [5.74, 6) is 0.608. The molecule has 0 fully saturated rings. The Morgan fingerprint density at radius 2 is 1.85 bits per heavy atom. The number of carbonyl (C=O) groups is 1. The average Bonchev–Trinajstić information content (AvgIpc) is 2.15. The number of benzene rings is 1. The summed E-state index contributed by atoms with van der Waals surface area (Å²) in [6.45, 7) is 0.444. The lowest BCUT2D eigenvalue weighted by Crippen LogP contribution is -1.89. The van der Waals surface area contributed by atoms with Crippen molar-refractivity contribution in [3.8, 4) is 0 Å². The first-order chi connectivity index (χ1) is 6.25. The van der Waals surface area contributed by atoms with E-state index in [1.807, 2.05) is 30.3 Å². The quantitative estimate of drug-likeness (QED) is 0.442. The van der Waals surface area contributed by atoms with Crippen molar-refractivity contribution in [2.24, 2.45) is 0 Å². The van der Waals surface area contributed by atoms with Crippen molar-refractivity contribution < 1.29 is 9.53 Å². The number of hydrogen-bond donors (Lipinski definition) is 0. The van der Waals surface area contributed by atoms with Gasteiger partial charge in [-0.3, -0.25) is 4.79 Å². The lowest BCUT2D eigenvalue weighted by atomic mass is 10.2. The van der Waals surface area contributed by atoms with E-state index in [1.54, 1.807) is 0 Å². The number of ether oxygens (including phenoxy) is 1. The zero-order valence-corrected chi connectivity index (χ0v) is 10.9. The van der Waals surface area contributed by atoms with Crippen LogP contribution >= 0.6 is 45.2 Å². The van der Waals surface area contributed by atoms with Gasteiger partial charge in [0, 0.05) is 5.56 Å². The Balaban J connectivity index is 3.04. The predicted octanol–water partition coefficient (Wildman–Crippen LogP) is 3.36. The minimum absolute atomic E-state index is 0.444. The molecule has 0 radical (unpaired) electrons. The van der Waals surface area contributed by atoms with Gasteiger partial charge in [-0.05, 0) is 45.2 Å². The highest BCUT2D eigenvalue weighted by Crippen LogP contribution is 2.28. The molecule has 68 valence electrons. The second-order valence-corrected chi connectivity index (χ2v) is 6.39. The standard InChI is InChI=1S/C9H6I2O2/c10-9(11)8(13-6-12)7-4-2-1-3-5-7/h1-6H. The van der Waals surface area contributed by atoms with Gasteiger partial charge in [0.15, 0.2) is 5.76 Å². The molecule has 0 bridgehead atoms. The van der Waals surface area contributed by atoms with E-state index in [0.29, 0.717) is 12.2 Å². The van der Waals surface area contributed by atoms with Crippen molar-refractivity contribution in [3.63, 3.8) is 0 Å². The molecule has 1 aromatic carbocycles. The van der Waals surface area contributed by atoms with Crippen LogP contribution in [0.5, 0.6) is 0 Å². The topological polar surface area (TPSA) is 26.3 Å². The first-order valence-electron chi connectivity index (χ1n) is 3.46. The first-order valence-corrected chi connectivity index (χ1v) is 5.62. The number of halogens is 2. The van der Waals surface area contributed by atoms with Gasteiger partial charge in [-0.1, -0.05) is 30.3 Å². The summed E-state index contributed by atoms with van der Waals surface area (Å²) >= 11 is 4.23. The van der Waals surface area contributed by atoms with E-state index in [1.165, 1.54) is 0 Å². The molecule has 2 nitrogen and oxygen atoms in total. The van der Waals surface area contributed by atoms with Gasteiger partial charge in [-0.15, -0.1) is 0 Å². The Bertz CT molecular complexity index is 316. The van der Waals surface area contributed by atoms with Crippen molar-refractivity contribution in [3.05, 3.63) is 37.5 Å². The predicted molar refractivity (Wildman–Crippen MR) is 68.6 cm³/mol. The van der Waals surface area contributed by atoms with E-state index in [0.717, 1.165) is 7.15 Å². The highest BCUT2D eigenvalue weighted by molar-refractivity contribution is 14.2. The summed E-state index contributed by atoms with van der Waals surface area (Å²) in [6.07, 6.45) is 0. The summed E-state index contributed by atoms with van der Waals surface area (Å²) in [5, 5.41) is 0. The van der Waals surface area contributed by atoms with E-state index >= 15 is 0 Å². The van der Waals surface area contributed by atoms with Crippen molar-refractivity contribution in [2.75, 3.05) is 0 Å². The highest BCUT2D eigenvalue weighted by atomic mass is 127. The minimum Gasteiger partial charge on any atom is -0.426 e. The smallest absolute Gasteiger partial charge is 0.298 e. The normalized spacial score (nSPS) is 9.08. The second kappa shape index (κ2) is 5.58. The van der Waals surface area contributed by atoms with Gasteiger partial charge >= 0.3 is 0 Å². The first kappa shape index (κ1) is 11.0. The van der Waals surface area contributed by atoms with Crippen molar-refractivity contribution >= 4 is 57.4 Å². The third-order valence-electron chi connectivity index (χ3n) is 1.37. The van der Waals surface area contributed by atoms with Gasteiger partial charge in [0.1, 0.15) is 0 Å². The minimum atomic E-state index is 0.444. The van der Waals surface area contributed by atoms with Crippen LogP contribution in [0.3, 0.4) is 0 Å². The molecule has 0 aliphatic heterocycles. The maximum Gasteiger partial charge on any atom is 0.298 e. The van der Waals surface area contributed by atoms with Gasteiger partial charge in [0.05, 0.1) is 1.59 Å². The molecule has 1 rings (SSSR count). The molecule has 0 saturated carbocycles. The van der Waals surface area contributed by atoms with E-state index in [2.05, 4.69) is 45.2 Å². The Morgan fingerprint density at radius 1 is 1.23 bits per heavy atom. The largest absolute Gasteiger partial charge is 0.426 e. The van der Waals surface area contributed by atoms with E-state index in [-0.39, 0.29) is 0 Å². The Labute approximate surface area is 104 Å². The van der Waals surface area contributed by atoms with Crippen molar-refractivity contribution in [1.29, 1.82) is 0 Å². The molecule has 0 atom stereocenters. The summed E-state index contributed by atoms with van der Waals surface area (Å²) in [4.78, 5) is 10.2. The molecule has 0 aromatic heterocycles. The molecule has 0 spiro atoms. The monoisotopic (exact) mass is 400 g/mol. The van der Waals surface area contributed by atoms with Gasteiger partial charge in [-0.25, -0.2) is 0 Å². The lowest BCUT2D eigenvalue weighted by molar-refractivity contribution is -0.122. The summed E-state index contributed by atoms with van der Waals surface area (Å²) < 4.78 is 5.80. The van der Waals surface area contributed by atoms with Gasteiger partial charge in [0.2, 0.25) is 0 Å². The van der Waals surface area contributed by atoms with E-state index in [4.69, 9.17) is 4.74 Å². The SMILES string of the molecule is O=COC(=C(I)I)c1ccccc1. The lowest BCUT2D eigenvalue weighted by Gasteiger charge is -2.04. The van der Waals surface area contributed by atoms with Gasteiger partial charge in [-0.2, -0.15) is 0 Å². The average molecular weight is 400 g/mol. The number of carbonyl (C=O) groups excluding carboxylic acids is 1.